The highest BCUT2D eigenvalue weighted by atomic mass is 32.2. The van der Waals surface area contributed by atoms with Gasteiger partial charge in [-0.2, -0.15) is 0 Å². The van der Waals surface area contributed by atoms with Crippen LogP contribution in [0, 0.1) is 0 Å². The molecule has 1 aliphatic carbocycles. The van der Waals surface area contributed by atoms with Crippen molar-refractivity contribution in [1.82, 2.24) is 9.97 Å². The Kier molecular flexibility index (Phi) is 6.46. The van der Waals surface area contributed by atoms with Gasteiger partial charge in [-0.3, -0.25) is 4.21 Å². The molecule has 1 saturated carbocycles. The van der Waals surface area contributed by atoms with Crippen LogP contribution in [0.2, 0.25) is 0 Å². The molecule has 1 N–H and O–H groups in total. The Morgan fingerprint density at radius 2 is 1.89 bits per heavy atom. The van der Waals surface area contributed by atoms with E-state index >= 15 is 0 Å². The van der Waals surface area contributed by atoms with Crippen LogP contribution in [-0.2, 0) is 20.6 Å². The molecule has 9 heteroatoms. The molecule has 7 nitrogen and oxygen atoms in total. The van der Waals surface area contributed by atoms with Crippen molar-refractivity contribution >= 4 is 32.5 Å². The fraction of sp³-hybridized carbons (Fsp3) is 0.368. The zero-order valence-corrected chi connectivity index (χ0v) is 17.4. The Hall–Kier alpha value is -2.26. The second-order valence-electron chi connectivity index (χ2n) is 6.56. The number of hydrogen-bond acceptors (Lipinski definition) is 7. The van der Waals surface area contributed by atoms with Gasteiger partial charge in [0.1, 0.15) is 11.6 Å². The van der Waals surface area contributed by atoms with Gasteiger partial charge in [-0.1, -0.05) is 12.8 Å². The van der Waals surface area contributed by atoms with Crippen LogP contribution in [0.5, 0.6) is 5.75 Å². The molecule has 1 aromatic heterocycles. The number of nitrogens with zero attached hydrogens (tertiary/aromatic N) is 2. The van der Waals surface area contributed by atoms with Gasteiger partial charge in [-0.05, 0) is 43.2 Å². The van der Waals surface area contributed by atoms with Crippen molar-refractivity contribution in [2.24, 2.45) is 0 Å². The summed E-state index contributed by atoms with van der Waals surface area (Å²) in [6.45, 7) is 0. The number of nitrogens with one attached hydrogen (secondary N) is 1. The molecule has 28 heavy (non-hydrogen) atoms. The van der Waals surface area contributed by atoms with Crippen LogP contribution in [-0.4, -0.2) is 42.0 Å². The van der Waals surface area contributed by atoms with E-state index in [0.29, 0.717) is 17.1 Å². The minimum absolute atomic E-state index is 0.169. The topological polar surface area (TPSA) is 98.3 Å². The molecule has 150 valence electrons. The molecule has 1 aliphatic rings. The maximum Gasteiger partial charge on any atom is 0.220 e. The Balaban J connectivity index is 1.89. The lowest BCUT2D eigenvalue weighted by atomic mass is 10.2. The number of rotatable bonds is 7. The molecule has 2 aromatic rings. The SMILES string of the molecule is COc1ccc(S(=O)(=O)C=Cc2cnc(S(C)=O)nc2NC2CCCC2)cc1. The van der Waals surface area contributed by atoms with Crippen LogP contribution >= 0.6 is 0 Å². The van der Waals surface area contributed by atoms with Gasteiger partial charge >= 0.3 is 0 Å². The van der Waals surface area contributed by atoms with Gasteiger partial charge in [0.25, 0.3) is 0 Å². The maximum atomic E-state index is 12.6. The lowest BCUT2D eigenvalue weighted by Gasteiger charge is -2.15. The highest BCUT2D eigenvalue weighted by Gasteiger charge is 2.18. The predicted octanol–water partition coefficient (Wildman–Crippen LogP) is 3.02. The van der Waals surface area contributed by atoms with E-state index in [1.807, 2.05) is 0 Å². The van der Waals surface area contributed by atoms with Gasteiger partial charge in [-0.15, -0.1) is 0 Å². The quantitative estimate of drug-likeness (QED) is 0.686. The first-order valence-electron chi connectivity index (χ1n) is 8.93. The molecule has 1 heterocycles. The number of benzene rings is 1. The number of hydrogen-bond donors (Lipinski definition) is 1. The number of sulfone groups is 1. The molecular formula is C19H23N3O4S2. The van der Waals surface area contributed by atoms with Crippen molar-refractivity contribution < 1.29 is 17.4 Å². The molecule has 3 rings (SSSR count). The fourth-order valence-electron chi connectivity index (χ4n) is 3.02. The van der Waals surface area contributed by atoms with E-state index in [1.165, 1.54) is 37.8 Å². The second kappa shape index (κ2) is 8.83. The Bertz CT molecular complexity index is 983. The summed E-state index contributed by atoms with van der Waals surface area (Å²) in [6.07, 6.45) is 8.83. The maximum absolute atomic E-state index is 12.6. The lowest BCUT2D eigenvalue weighted by Crippen LogP contribution is -2.17. The molecule has 1 aromatic carbocycles. The summed E-state index contributed by atoms with van der Waals surface area (Å²) in [4.78, 5) is 8.61. The summed E-state index contributed by atoms with van der Waals surface area (Å²) in [7, 11) is -3.43. The first-order valence-corrected chi connectivity index (χ1v) is 12.0. The van der Waals surface area contributed by atoms with E-state index in [4.69, 9.17) is 4.74 Å². The first-order chi connectivity index (χ1) is 13.4. The monoisotopic (exact) mass is 421 g/mol. The smallest absolute Gasteiger partial charge is 0.220 e. The van der Waals surface area contributed by atoms with Crippen LogP contribution < -0.4 is 10.1 Å². The van der Waals surface area contributed by atoms with Crippen molar-refractivity contribution in [2.45, 2.75) is 41.8 Å². The predicted molar refractivity (Wildman–Crippen MR) is 109 cm³/mol. The van der Waals surface area contributed by atoms with Gasteiger partial charge in [-0.25, -0.2) is 18.4 Å². The van der Waals surface area contributed by atoms with Crippen LogP contribution in [0.4, 0.5) is 5.82 Å². The Labute approximate surface area is 167 Å². The van der Waals surface area contributed by atoms with Crippen molar-refractivity contribution in [3.63, 3.8) is 0 Å². The van der Waals surface area contributed by atoms with Gasteiger partial charge in [0, 0.05) is 29.5 Å². The van der Waals surface area contributed by atoms with Crippen LogP contribution in [0.3, 0.4) is 0 Å². The third kappa shape index (κ3) is 4.96. The number of aromatic nitrogens is 2. The van der Waals surface area contributed by atoms with Gasteiger partial charge in [0.2, 0.25) is 5.16 Å². The average molecular weight is 422 g/mol. The van der Waals surface area contributed by atoms with E-state index in [1.54, 1.807) is 12.1 Å². The zero-order valence-electron chi connectivity index (χ0n) is 15.8. The minimum atomic E-state index is -3.63. The van der Waals surface area contributed by atoms with Gasteiger partial charge in [0.05, 0.1) is 22.8 Å². The second-order valence-corrected chi connectivity index (χ2v) is 9.67. The molecular weight excluding hydrogens is 398 g/mol. The number of anilines is 1. The van der Waals surface area contributed by atoms with Gasteiger partial charge in [0.15, 0.2) is 9.84 Å². The Morgan fingerprint density at radius 3 is 2.50 bits per heavy atom. The molecule has 1 atom stereocenters. The van der Waals surface area contributed by atoms with E-state index < -0.39 is 20.6 Å². The normalized spacial score (nSPS) is 16.4. The molecule has 0 bridgehead atoms. The van der Waals surface area contributed by atoms with E-state index in [2.05, 4.69) is 15.3 Å². The molecule has 1 unspecified atom stereocenters. The third-order valence-corrected chi connectivity index (χ3v) is 6.70. The summed E-state index contributed by atoms with van der Waals surface area (Å²) >= 11 is 0. The molecule has 0 spiro atoms. The lowest BCUT2D eigenvalue weighted by molar-refractivity contribution is 0.414. The first kappa shape index (κ1) is 20.5. The summed E-state index contributed by atoms with van der Waals surface area (Å²) < 4.78 is 42.0. The van der Waals surface area contributed by atoms with E-state index in [9.17, 15) is 12.6 Å². The van der Waals surface area contributed by atoms with Crippen molar-refractivity contribution in [1.29, 1.82) is 0 Å². The summed E-state index contributed by atoms with van der Waals surface area (Å²) in [5, 5.41) is 4.70. The third-order valence-electron chi connectivity index (χ3n) is 4.56. The van der Waals surface area contributed by atoms with Crippen molar-refractivity contribution in [2.75, 3.05) is 18.7 Å². The van der Waals surface area contributed by atoms with Crippen LogP contribution in [0.1, 0.15) is 31.2 Å². The largest absolute Gasteiger partial charge is 0.497 e. The highest BCUT2D eigenvalue weighted by molar-refractivity contribution is 7.94. The van der Waals surface area contributed by atoms with Crippen LogP contribution in [0.15, 0.2) is 45.9 Å². The van der Waals surface area contributed by atoms with Crippen LogP contribution in [0.25, 0.3) is 6.08 Å². The van der Waals surface area contributed by atoms with E-state index in [-0.39, 0.29) is 16.1 Å². The summed E-state index contributed by atoms with van der Waals surface area (Å²) in [5.41, 5.74) is 0.540. The molecule has 0 saturated heterocycles. The Morgan fingerprint density at radius 1 is 1.21 bits per heavy atom. The molecule has 0 amide bonds. The standard InChI is InChI=1S/C19H23N3O4S2/c1-26-16-7-9-17(10-8-16)28(24,25)12-11-14-13-20-19(27(2)23)22-18(14)21-15-5-3-4-6-15/h7-13,15H,3-6H2,1-2H3,(H,20,21,22). The minimum Gasteiger partial charge on any atom is -0.497 e. The van der Waals surface area contributed by atoms with Gasteiger partial charge < -0.3 is 10.1 Å². The number of ether oxygens (including phenoxy) is 1. The highest BCUT2D eigenvalue weighted by Crippen LogP contribution is 2.25. The fourth-order valence-corrected chi connectivity index (χ4v) is 4.44. The average Bonchev–Trinajstić information content (AvgIpc) is 3.20. The zero-order chi connectivity index (χ0) is 20.1. The van der Waals surface area contributed by atoms with E-state index in [0.717, 1.165) is 31.1 Å². The molecule has 0 radical (unpaired) electrons. The number of methoxy groups -OCH3 is 1. The summed E-state index contributed by atoms with van der Waals surface area (Å²) in [5.74, 6) is 1.09. The molecule has 1 fully saturated rings. The molecule has 0 aliphatic heterocycles. The van der Waals surface area contributed by atoms with Crippen molar-refractivity contribution in [3.05, 3.63) is 41.4 Å². The summed E-state index contributed by atoms with van der Waals surface area (Å²) in [6, 6.07) is 6.47. The van der Waals surface area contributed by atoms with Crippen molar-refractivity contribution in [3.8, 4) is 5.75 Å².